The lowest BCUT2D eigenvalue weighted by Gasteiger charge is -2.29. The van der Waals surface area contributed by atoms with Gasteiger partial charge in [0.15, 0.2) is 0 Å². The van der Waals surface area contributed by atoms with Crippen molar-refractivity contribution in [2.75, 3.05) is 0 Å². The van der Waals surface area contributed by atoms with E-state index in [0.717, 1.165) is 18.9 Å². The molecule has 0 bridgehead atoms. The molecule has 1 aliphatic carbocycles. The standard InChI is InChI=1S/C14H15F3N2O/c15-14(16,17)10-4-2-1-3-9(10)13-11(18)7-12(20)19(13)8-5-6-8/h1-4,8,11,13H,5-7,18H2. The first-order chi connectivity index (χ1) is 9.39. The van der Waals surface area contributed by atoms with Gasteiger partial charge in [-0.1, -0.05) is 18.2 Å². The van der Waals surface area contributed by atoms with Crippen LogP contribution in [-0.2, 0) is 11.0 Å². The van der Waals surface area contributed by atoms with Gasteiger partial charge < -0.3 is 10.6 Å². The SMILES string of the molecule is NC1CC(=O)N(C2CC2)C1c1ccccc1C(F)(F)F. The lowest BCUT2D eigenvalue weighted by atomic mass is 9.95. The Morgan fingerprint density at radius 1 is 1.20 bits per heavy atom. The van der Waals surface area contributed by atoms with E-state index in [9.17, 15) is 18.0 Å². The number of hydrogen-bond acceptors (Lipinski definition) is 2. The topological polar surface area (TPSA) is 46.3 Å². The van der Waals surface area contributed by atoms with Crippen molar-refractivity contribution in [3.8, 4) is 0 Å². The number of alkyl halides is 3. The highest BCUT2D eigenvalue weighted by atomic mass is 19.4. The second-order valence-electron chi connectivity index (χ2n) is 5.43. The van der Waals surface area contributed by atoms with E-state index in [2.05, 4.69) is 0 Å². The number of likely N-dealkylation sites (tertiary alicyclic amines) is 1. The van der Waals surface area contributed by atoms with Crippen LogP contribution in [0.1, 0.15) is 36.4 Å². The third-order valence-corrected chi connectivity index (χ3v) is 3.93. The Morgan fingerprint density at radius 2 is 1.85 bits per heavy atom. The van der Waals surface area contributed by atoms with Crippen LogP contribution in [0.15, 0.2) is 24.3 Å². The number of nitrogens with two attached hydrogens (primary N) is 1. The van der Waals surface area contributed by atoms with Crippen LogP contribution in [0.3, 0.4) is 0 Å². The van der Waals surface area contributed by atoms with Crippen LogP contribution >= 0.6 is 0 Å². The molecule has 3 rings (SSSR count). The summed E-state index contributed by atoms with van der Waals surface area (Å²) in [4.78, 5) is 13.5. The van der Waals surface area contributed by atoms with E-state index in [0.29, 0.717) is 0 Å². The number of nitrogens with zero attached hydrogens (tertiary/aromatic N) is 1. The summed E-state index contributed by atoms with van der Waals surface area (Å²) in [5, 5.41) is 0. The third kappa shape index (κ3) is 2.18. The first-order valence-electron chi connectivity index (χ1n) is 6.62. The van der Waals surface area contributed by atoms with Crippen LogP contribution in [-0.4, -0.2) is 22.9 Å². The van der Waals surface area contributed by atoms with Crippen LogP contribution < -0.4 is 5.73 Å². The molecule has 0 aromatic heterocycles. The monoisotopic (exact) mass is 284 g/mol. The summed E-state index contributed by atoms with van der Waals surface area (Å²) in [6, 6.07) is 4.22. The highest BCUT2D eigenvalue weighted by molar-refractivity contribution is 5.81. The molecule has 2 N–H and O–H groups in total. The van der Waals surface area contributed by atoms with Gasteiger partial charge in [-0.3, -0.25) is 4.79 Å². The minimum absolute atomic E-state index is 0.0577. The maximum atomic E-state index is 13.1. The predicted octanol–water partition coefficient (Wildman–Crippen LogP) is 2.47. The van der Waals surface area contributed by atoms with Crippen molar-refractivity contribution in [1.82, 2.24) is 4.90 Å². The number of halogens is 3. The Hall–Kier alpha value is -1.56. The fourth-order valence-corrected chi connectivity index (χ4v) is 2.96. The van der Waals surface area contributed by atoms with Crippen LogP contribution in [0.4, 0.5) is 13.2 Å². The molecule has 6 heteroatoms. The van der Waals surface area contributed by atoms with Crippen molar-refractivity contribution in [3.05, 3.63) is 35.4 Å². The molecule has 3 nitrogen and oxygen atoms in total. The molecular weight excluding hydrogens is 269 g/mol. The van der Waals surface area contributed by atoms with Crippen molar-refractivity contribution < 1.29 is 18.0 Å². The molecule has 0 radical (unpaired) electrons. The zero-order chi connectivity index (χ0) is 14.5. The van der Waals surface area contributed by atoms with E-state index in [-0.39, 0.29) is 23.9 Å². The normalized spacial score (nSPS) is 27.2. The Balaban J connectivity index is 2.05. The number of hydrogen-bond donors (Lipinski definition) is 1. The highest BCUT2D eigenvalue weighted by Gasteiger charge is 2.48. The van der Waals surface area contributed by atoms with E-state index >= 15 is 0 Å². The molecule has 20 heavy (non-hydrogen) atoms. The number of amides is 1. The van der Waals surface area contributed by atoms with Gasteiger partial charge in [0, 0.05) is 18.5 Å². The zero-order valence-corrected chi connectivity index (χ0v) is 10.7. The van der Waals surface area contributed by atoms with E-state index in [4.69, 9.17) is 5.73 Å². The Labute approximate surface area is 114 Å². The van der Waals surface area contributed by atoms with Crippen molar-refractivity contribution in [1.29, 1.82) is 0 Å². The molecule has 1 aromatic carbocycles. The number of carbonyl (C=O) groups excluding carboxylic acids is 1. The molecule has 1 heterocycles. The van der Waals surface area contributed by atoms with E-state index in [1.165, 1.54) is 12.1 Å². The molecule has 1 aromatic rings. The van der Waals surface area contributed by atoms with E-state index < -0.39 is 23.8 Å². The van der Waals surface area contributed by atoms with Gasteiger partial charge in [0.1, 0.15) is 0 Å². The first kappa shape index (κ1) is 13.4. The lowest BCUT2D eigenvalue weighted by molar-refractivity contribution is -0.139. The van der Waals surface area contributed by atoms with Crippen molar-refractivity contribution in [2.24, 2.45) is 5.73 Å². The predicted molar refractivity (Wildman–Crippen MR) is 66.6 cm³/mol. The van der Waals surface area contributed by atoms with Gasteiger partial charge in [-0.2, -0.15) is 13.2 Å². The van der Waals surface area contributed by atoms with Crippen LogP contribution in [0.25, 0.3) is 0 Å². The molecule has 2 atom stereocenters. The molecule has 2 fully saturated rings. The Morgan fingerprint density at radius 3 is 2.45 bits per heavy atom. The summed E-state index contributed by atoms with van der Waals surface area (Å²) in [6.07, 6.45) is -2.61. The molecule has 1 aliphatic heterocycles. The molecule has 2 aliphatic rings. The summed E-state index contributed by atoms with van der Waals surface area (Å²) < 4.78 is 39.4. The fraction of sp³-hybridized carbons (Fsp3) is 0.500. The molecule has 108 valence electrons. The van der Waals surface area contributed by atoms with Gasteiger partial charge in [-0.05, 0) is 24.5 Å². The molecular formula is C14H15F3N2O. The summed E-state index contributed by atoms with van der Waals surface area (Å²) >= 11 is 0. The minimum atomic E-state index is -4.43. The average Bonchev–Trinajstić information content (AvgIpc) is 3.14. The molecule has 0 spiro atoms. The van der Waals surface area contributed by atoms with Gasteiger partial charge in [-0.25, -0.2) is 0 Å². The first-order valence-corrected chi connectivity index (χ1v) is 6.62. The maximum Gasteiger partial charge on any atom is 0.416 e. The Bertz CT molecular complexity index is 539. The smallest absolute Gasteiger partial charge is 0.331 e. The second kappa shape index (κ2) is 4.48. The average molecular weight is 284 g/mol. The maximum absolute atomic E-state index is 13.1. The third-order valence-electron chi connectivity index (χ3n) is 3.93. The lowest BCUT2D eigenvalue weighted by Crippen LogP contribution is -2.35. The van der Waals surface area contributed by atoms with E-state index in [1.807, 2.05) is 0 Å². The van der Waals surface area contributed by atoms with Crippen molar-refractivity contribution in [2.45, 2.75) is 43.6 Å². The van der Waals surface area contributed by atoms with Gasteiger partial charge in [-0.15, -0.1) is 0 Å². The van der Waals surface area contributed by atoms with Gasteiger partial charge in [0.25, 0.3) is 0 Å². The number of carbonyl (C=O) groups is 1. The van der Waals surface area contributed by atoms with Crippen LogP contribution in [0.5, 0.6) is 0 Å². The summed E-state index contributed by atoms with van der Waals surface area (Å²) in [5.41, 5.74) is 5.36. The number of rotatable bonds is 2. The second-order valence-corrected chi connectivity index (χ2v) is 5.43. The highest BCUT2D eigenvalue weighted by Crippen LogP contribution is 2.44. The summed E-state index contributed by atoms with van der Waals surface area (Å²) in [7, 11) is 0. The van der Waals surface area contributed by atoms with Crippen LogP contribution in [0, 0.1) is 0 Å². The van der Waals surface area contributed by atoms with Crippen LogP contribution in [0.2, 0.25) is 0 Å². The van der Waals surface area contributed by atoms with Crippen molar-refractivity contribution >= 4 is 5.91 Å². The molecule has 1 saturated heterocycles. The van der Waals surface area contributed by atoms with Gasteiger partial charge >= 0.3 is 6.18 Å². The van der Waals surface area contributed by atoms with Gasteiger partial charge in [0.05, 0.1) is 11.6 Å². The zero-order valence-electron chi connectivity index (χ0n) is 10.7. The summed E-state index contributed by atoms with van der Waals surface area (Å²) in [5.74, 6) is -0.137. The Kier molecular flexibility index (Phi) is 3.01. The fourth-order valence-electron chi connectivity index (χ4n) is 2.96. The molecule has 1 amide bonds. The molecule has 2 unspecified atom stereocenters. The van der Waals surface area contributed by atoms with Crippen molar-refractivity contribution in [3.63, 3.8) is 0 Å². The minimum Gasteiger partial charge on any atom is -0.331 e. The van der Waals surface area contributed by atoms with Gasteiger partial charge in [0.2, 0.25) is 5.91 Å². The molecule has 1 saturated carbocycles. The largest absolute Gasteiger partial charge is 0.416 e. The summed E-state index contributed by atoms with van der Waals surface area (Å²) in [6.45, 7) is 0. The number of benzene rings is 1. The van der Waals surface area contributed by atoms with E-state index in [1.54, 1.807) is 11.0 Å². The quantitative estimate of drug-likeness (QED) is 0.907.